The Morgan fingerprint density at radius 3 is 2.81 bits per heavy atom. The number of nitrogens with zero attached hydrogens (tertiary/aromatic N) is 1. The molecule has 0 fully saturated rings. The third kappa shape index (κ3) is 2.16. The summed E-state index contributed by atoms with van der Waals surface area (Å²) in [6.45, 7) is 0.595. The Balaban J connectivity index is 2.17. The average molecular weight is 220 g/mol. The Labute approximate surface area is 93.3 Å². The van der Waals surface area contributed by atoms with E-state index in [0.29, 0.717) is 17.9 Å². The largest absolute Gasteiger partial charge is 0.472 e. The fourth-order valence-electron chi connectivity index (χ4n) is 1.57. The van der Waals surface area contributed by atoms with E-state index in [1.165, 1.54) is 6.07 Å². The molecule has 0 unspecified atom stereocenters. The summed E-state index contributed by atoms with van der Waals surface area (Å²) < 4.78 is 18.5. The Hall–Kier alpha value is -1.97. The molecule has 1 aromatic heterocycles. The molecule has 0 bridgehead atoms. The minimum atomic E-state index is -0.314. The van der Waals surface area contributed by atoms with Gasteiger partial charge < -0.3 is 15.1 Å². The van der Waals surface area contributed by atoms with E-state index >= 15 is 0 Å². The molecule has 2 N–H and O–H groups in total. The molecule has 84 valence electrons. The predicted molar refractivity (Wildman–Crippen MR) is 61.6 cm³/mol. The molecule has 3 nitrogen and oxygen atoms in total. The molecule has 1 heterocycles. The van der Waals surface area contributed by atoms with Crippen molar-refractivity contribution in [2.24, 2.45) is 0 Å². The fourth-order valence-corrected chi connectivity index (χ4v) is 1.57. The second-order valence-electron chi connectivity index (χ2n) is 3.70. The lowest BCUT2D eigenvalue weighted by Gasteiger charge is -2.19. The number of anilines is 2. The van der Waals surface area contributed by atoms with E-state index in [1.54, 1.807) is 29.6 Å². The minimum absolute atomic E-state index is 0.314. The molecule has 4 heteroatoms. The van der Waals surface area contributed by atoms with Gasteiger partial charge in [0.25, 0.3) is 0 Å². The Kier molecular flexibility index (Phi) is 2.81. The van der Waals surface area contributed by atoms with Crippen LogP contribution in [0.1, 0.15) is 5.56 Å². The lowest BCUT2D eigenvalue weighted by atomic mass is 10.2. The number of nitrogens with two attached hydrogens (primary N) is 1. The maximum atomic E-state index is 13.6. The van der Waals surface area contributed by atoms with Crippen LogP contribution >= 0.6 is 0 Å². The first-order valence-corrected chi connectivity index (χ1v) is 4.94. The molecular formula is C12H13FN2O. The van der Waals surface area contributed by atoms with Gasteiger partial charge in [-0.1, -0.05) is 0 Å². The molecule has 0 amide bonds. The van der Waals surface area contributed by atoms with Crippen molar-refractivity contribution in [3.05, 3.63) is 48.2 Å². The van der Waals surface area contributed by atoms with Crippen LogP contribution in [-0.2, 0) is 6.54 Å². The summed E-state index contributed by atoms with van der Waals surface area (Å²) in [4.78, 5) is 1.81. The van der Waals surface area contributed by atoms with Gasteiger partial charge >= 0.3 is 0 Å². The topological polar surface area (TPSA) is 42.4 Å². The lowest BCUT2D eigenvalue weighted by Crippen LogP contribution is -2.17. The van der Waals surface area contributed by atoms with Gasteiger partial charge in [0.15, 0.2) is 0 Å². The Morgan fingerprint density at radius 1 is 1.38 bits per heavy atom. The summed E-state index contributed by atoms with van der Waals surface area (Å²) in [5.41, 5.74) is 7.44. The third-order valence-electron chi connectivity index (χ3n) is 2.38. The second kappa shape index (κ2) is 4.26. The molecule has 0 spiro atoms. The molecule has 0 aliphatic carbocycles. The van der Waals surface area contributed by atoms with Gasteiger partial charge in [-0.15, -0.1) is 0 Å². The van der Waals surface area contributed by atoms with E-state index in [2.05, 4.69) is 0 Å². The zero-order chi connectivity index (χ0) is 11.5. The van der Waals surface area contributed by atoms with Crippen LogP contribution in [0.5, 0.6) is 0 Å². The maximum absolute atomic E-state index is 13.6. The second-order valence-corrected chi connectivity index (χ2v) is 3.70. The number of hydrogen-bond donors (Lipinski definition) is 1. The quantitative estimate of drug-likeness (QED) is 0.808. The van der Waals surface area contributed by atoms with E-state index in [0.717, 1.165) is 5.56 Å². The van der Waals surface area contributed by atoms with E-state index in [9.17, 15) is 4.39 Å². The number of rotatable bonds is 3. The molecule has 0 saturated heterocycles. The number of nitrogen functional groups attached to an aromatic ring is 1. The van der Waals surface area contributed by atoms with E-state index in [-0.39, 0.29) is 5.82 Å². The first-order valence-electron chi connectivity index (χ1n) is 4.94. The van der Waals surface area contributed by atoms with E-state index < -0.39 is 0 Å². The normalized spacial score (nSPS) is 10.4. The van der Waals surface area contributed by atoms with Crippen molar-refractivity contribution < 1.29 is 8.81 Å². The van der Waals surface area contributed by atoms with Gasteiger partial charge in [-0.05, 0) is 24.3 Å². The minimum Gasteiger partial charge on any atom is -0.472 e. The van der Waals surface area contributed by atoms with E-state index in [1.807, 2.05) is 13.1 Å². The van der Waals surface area contributed by atoms with Crippen LogP contribution in [0, 0.1) is 5.82 Å². The monoisotopic (exact) mass is 220 g/mol. The van der Waals surface area contributed by atoms with Crippen LogP contribution < -0.4 is 10.6 Å². The number of halogens is 1. The van der Waals surface area contributed by atoms with Crippen molar-refractivity contribution in [2.45, 2.75) is 6.54 Å². The molecule has 0 radical (unpaired) electrons. The van der Waals surface area contributed by atoms with Gasteiger partial charge in [-0.2, -0.15) is 0 Å². The first kappa shape index (κ1) is 10.5. The first-order chi connectivity index (χ1) is 7.66. The summed E-state index contributed by atoms with van der Waals surface area (Å²) in [6, 6.07) is 6.53. The van der Waals surface area contributed by atoms with Gasteiger partial charge in [-0.3, -0.25) is 0 Å². The number of benzene rings is 1. The molecule has 0 atom stereocenters. The van der Waals surface area contributed by atoms with Crippen molar-refractivity contribution in [3.8, 4) is 0 Å². The van der Waals surface area contributed by atoms with Gasteiger partial charge in [0.05, 0.1) is 18.2 Å². The molecule has 0 saturated carbocycles. The number of furan rings is 1. The molecule has 16 heavy (non-hydrogen) atoms. The van der Waals surface area contributed by atoms with Crippen molar-refractivity contribution in [1.29, 1.82) is 0 Å². The van der Waals surface area contributed by atoms with Crippen molar-refractivity contribution in [2.75, 3.05) is 17.7 Å². The molecule has 0 aliphatic rings. The van der Waals surface area contributed by atoms with Crippen LogP contribution in [0.3, 0.4) is 0 Å². The van der Waals surface area contributed by atoms with Crippen molar-refractivity contribution in [3.63, 3.8) is 0 Å². The summed E-state index contributed by atoms with van der Waals surface area (Å²) in [6.07, 6.45) is 3.24. The highest BCUT2D eigenvalue weighted by Gasteiger charge is 2.08. The van der Waals surface area contributed by atoms with Gasteiger partial charge in [0.2, 0.25) is 0 Å². The SMILES string of the molecule is CN(Cc1ccoc1)c1ccc(N)cc1F. The molecular weight excluding hydrogens is 207 g/mol. The van der Waals surface area contributed by atoms with E-state index in [4.69, 9.17) is 10.2 Å². The van der Waals surface area contributed by atoms with Crippen LogP contribution in [-0.4, -0.2) is 7.05 Å². The summed E-state index contributed by atoms with van der Waals surface area (Å²) in [5, 5.41) is 0. The van der Waals surface area contributed by atoms with Gasteiger partial charge in [0, 0.05) is 24.8 Å². The fraction of sp³-hybridized carbons (Fsp3) is 0.167. The highest BCUT2D eigenvalue weighted by atomic mass is 19.1. The molecule has 1 aromatic carbocycles. The summed E-state index contributed by atoms with van der Waals surface area (Å²) >= 11 is 0. The van der Waals surface area contributed by atoms with Crippen LogP contribution in [0.15, 0.2) is 41.2 Å². The molecule has 2 rings (SSSR count). The summed E-state index contributed by atoms with van der Waals surface area (Å²) in [7, 11) is 1.82. The zero-order valence-corrected chi connectivity index (χ0v) is 8.98. The Bertz CT molecular complexity index is 468. The highest BCUT2D eigenvalue weighted by molar-refractivity contribution is 5.54. The lowest BCUT2D eigenvalue weighted by molar-refractivity contribution is 0.563. The van der Waals surface area contributed by atoms with Crippen molar-refractivity contribution in [1.82, 2.24) is 0 Å². The van der Waals surface area contributed by atoms with Crippen LogP contribution in [0.2, 0.25) is 0 Å². The molecule has 0 aliphatic heterocycles. The molecule has 2 aromatic rings. The predicted octanol–water partition coefficient (Wildman–Crippen LogP) is 2.64. The average Bonchev–Trinajstić information content (AvgIpc) is 2.70. The van der Waals surface area contributed by atoms with Crippen molar-refractivity contribution >= 4 is 11.4 Å². The maximum Gasteiger partial charge on any atom is 0.148 e. The van der Waals surface area contributed by atoms with Crippen LogP contribution in [0.4, 0.5) is 15.8 Å². The summed E-state index contributed by atoms with van der Waals surface area (Å²) in [5.74, 6) is -0.314. The zero-order valence-electron chi connectivity index (χ0n) is 8.98. The Morgan fingerprint density at radius 2 is 2.19 bits per heavy atom. The standard InChI is InChI=1S/C12H13FN2O/c1-15(7-9-4-5-16-8-9)12-3-2-10(14)6-11(12)13/h2-6,8H,7,14H2,1H3. The number of hydrogen-bond acceptors (Lipinski definition) is 3. The highest BCUT2D eigenvalue weighted by Crippen LogP contribution is 2.21. The van der Waals surface area contributed by atoms with Crippen LogP contribution in [0.25, 0.3) is 0 Å². The third-order valence-corrected chi connectivity index (χ3v) is 2.38. The van der Waals surface area contributed by atoms with Gasteiger partial charge in [-0.25, -0.2) is 4.39 Å². The smallest absolute Gasteiger partial charge is 0.148 e. The van der Waals surface area contributed by atoms with Gasteiger partial charge in [0.1, 0.15) is 5.82 Å².